The van der Waals surface area contributed by atoms with Gasteiger partial charge in [-0.15, -0.1) is 18.3 Å². The van der Waals surface area contributed by atoms with Crippen molar-refractivity contribution < 1.29 is 22.7 Å². The van der Waals surface area contributed by atoms with Crippen LogP contribution in [0.5, 0.6) is 5.75 Å². The second-order valence-electron chi connectivity index (χ2n) is 9.94. The monoisotopic (exact) mass is 638 g/mol. The van der Waals surface area contributed by atoms with Gasteiger partial charge in [-0.2, -0.15) is 4.99 Å². The molecule has 1 fully saturated rings. The fourth-order valence-electron chi connectivity index (χ4n) is 4.74. The van der Waals surface area contributed by atoms with Crippen LogP contribution in [-0.4, -0.2) is 49.6 Å². The van der Waals surface area contributed by atoms with Gasteiger partial charge in [0.1, 0.15) is 12.1 Å². The molecule has 1 saturated heterocycles. The second kappa shape index (κ2) is 13.6. The number of aliphatic imine (C=N–C) groups is 1. The summed E-state index contributed by atoms with van der Waals surface area (Å²) in [5.41, 5.74) is 5.50. The summed E-state index contributed by atoms with van der Waals surface area (Å²) in [6, 6.07) is 19.3. The van der Waals surface area contributed by atoms with Crippen molar-refractivity contribution in [2.45, 2.75) is 39.5 Å². The molecule has 0 atom stereocenters. The van der Waals surface area contributed by atoms with Crippen LogP contribution in [-0.2, 0) is 17.6 Å². The zero-order valence-corrected chi connectivity index (χ0v) is 25.6. The van der Waals surface area contributed by atoms with Crippen molar-refractivity contribution in [1.29, 1.82) is 0 Å². The zero-order chi connectivity index (χ0) is 31.3. The van der Waals surface area contributed by atoms with Crippen LogP contribution in [0.25, 0.3) is 17.1 Å². The molecule has 0 bridgehead atoms. The molecule has 44 heavy (non-hydrogen) atoms. The molecule has 0 saturated carbocycles. The van der Waals surface area contributed by atoms with E-state index in [-0.39, 0.29) is 11.7 Å². The molecule has 228 valence electrons. The van der Waals surface area contributed by atoms with E-state index in [1.165, 1.54) is 47.0 Å². The molecule has 1 N–H and O–H groups in total. The SMILES string of the molecule is CCc1cccc(C)c1N1C(=O)CSC1=NC(=S)NCCCc1ccc(-c2ncn(-c3ccc(OC(F)(F)F)cc3)n2)cc1. The molecule has 0 radical (unpaired) electrons. The number of nitrogens with zero attached hydrogens (tertiary/aromatic N) is 5. The zero-order valence-electron chi connectivity index (χ0n) is 24.0. The van der Waals surface area contributed by atoms with Crippen molar-refractivity contribution in [1.82, 2.24) is 20.1 Å². The highest BCUT2D eigenvalue weighted by molar-refractivity contribution is 8.15. The predicted octanol–water partition coefficient (Wildman–Crippen LogP) is 6.65. The molecule has 3 aromatic carbocycles. The minimum absolute atomic E-state index is 0.000390. The number of aromatic nitrogens is 3. The quantitative estimate of drug-likeness (QED) is 0.162. The van der Waals surface area contributed by atoms with Crippen LogP contribution in [0.15, 0.2) is 78.0 Å². The number of para-hydroxylation sites is 1. The number of nitrogens with one attached hydrogen (secondary N) is 1. The average molecular weight is 639 g/mol. The highest BCUT2D eigenvalue weighted by Crippen LogP contribution is 2.33. The first-order valence-electron chi connectivity index (χ1n) is 13.9. The number of ether oxygens (including phenoxy) is 1. The summed E-state index contributed by atoms with van der Waals surface area (Å²) < 4.78 is 42.6. The number of aryl methyl sites for hydroxylation is 3. The maximum atomic E-state index is 12.8. The van der Waals surface area contributed by atoms with E-state index in [1.54, 1.807) is 4.90 Å². The number of rotatable bonds is 9. The summed E-state index contributed by atoms with van der Waals surface area (Å²) in [6.07, 6.45) is -0.803. The van der Waals surface area contributed by atoms with Gasteiger partial charge in [-0.25, -0.2) is 9.67 Å². The van der Waals surface area contributed by atoms with E-state index in [4.69, 9.17) is 12.2 Å². The molecule has 0 spiro atoms. The topological polar surface area (TPSA) is 84.6 Å². The Bertz CT molecular complexity index is 1670. The van der Waals surface area contributed by atoms with Crippen molar-refractivity contribution in [3.63, 3.8) is 0 Å². The lowest BCUT2D eigenvalue weighted by Crippen LogP contribution is -2.32. The van der Waals surface area contributed by atoms with Crippen LogP contribution < -0.4 is 15.0 Å². The van der Waals surface area contributed by atoms with Crippen molar-refractivity contribution >= 4 is 45.9 Å². The maximum absolute atomic E-state index is 12.8. The first-order valence-corrected chi connectivity index (χ1v) is 15.3. The van der Waals surface area contributed by atoms with Gasteiger partial charge >= 0.3 is 6.36 Å². The minimum Gasteiger partial charge on any atom is -0.406 e. The lowest BCUT2D eigenvalue weighted by molar-refractivity contribution is -0.274. The third kappa shape index (κ3) is 7.64. The van der Waals surface area contributed by atoms with Gasteiger partial charge < -0.3 is 10.1 Å². The van der Waals surface area contributed by atoms with E-state index in [2.05, 4.69) is 32.1 Å². The molecule has 1 amide bonds. The lowest BCUT2D eigenvalue weighted by atomic mass is 10.0. The number of hydrogen-bond donors (Lipinski definition) is 1. The van der Waals surface area contributed by atoms with Gasteiger partial charge in [0.15, 0.2) is 16.1 Å². The van der Waals surface area contributed by atoms with Crippen LogP contribution in [0.3, 0.4) is 0 Å². The van der Waals surface area contributed by atoms with Gasteiger partial charge in [0.2, 0.25) is 5.91 Å². The summed E-state index contributed by atoms with van der Waals surface area (Å²) in [4.78, 5) is 23.3. The molecule has 2 heterocycles. The van der Waals surface area contributed by atoms with Gasteiger partial charge in [0.05, 0.1) is 17.1 Å². The number of hydrogen-bond acceptors (Lipinski definition) is 6. The summed E-state index contributed by atoms with van der Waals surface area (Å²) in [5.74, 6) is 0.521. The number of thioether (sulfide) groups is 1. The Morgan fingerprint density at radius 3 is 2.57 bits per heavy atom. The number of carbonyl (C=O) groups is 1. The van der Waals surface area contributed by atoms with Gasteiger partial charge in [-0.05, 0) is 79.4 Å². The van der Waals surface area contributed by atoms with Crippen LogP contribution in [0.1, 0.15) is 30.0 Å². The predicted molar refractivity (Wildman–Crippen MR) is 170 cm³/mol. The Labute approximate surface area is 262 Å². The third-order valence-corrected chi connectivity index (χ3v) is 8.00. The second-order valence-corrected chi connectivity index (χ2v) is 11.3. The fraction of sp³-hybridized carbons (Fsp3) is 0.258. The van der Waals surface area contributed by atoms with Gasteiger partial charge in [0.25, 0.3) is 0 Å². The van der Waals surface area contributed by atoms with E-state index in [0.29, 0.717) is 34.1 Å². The van der Waals surface area contributed by atoms with E-state index in [9.17, 15) is 18.0 Å². The van der Waals surface area contributed by atoms with E-state index >= 15 is 0 Å². The van der Waals surface area contributed by atoms with Crippen molar-refractivity contribution in [3.05, 3.63) is 89.7 Å². The molecule has 13 heteroatoms. The molecule has 8 nitrogen and oxygen atoms in total. The minimum atomic E-state index is -4.74. The van der Waals surface area contributed by atoms with Crippen LogP contribution in [0, 0.1) is 6.92 Å². The lowest BCUT2D eigenvalue weighted by Gasteiger charge is -2.22. The van der Waals surface area contributed by atoms with Crippen LogP contribution in [0.2, 0.25) is 0 Å². The molecule has 0 aliphatic carbocycles. The first kappa shape index (κ1) is 31.2. The summed E-state index contributed by atoms with van der Waals surface area (Å²) in [6.45, 7) is 4.69. The van der Waals surface area contributed by atoms with Crippen molar-refractivity contribution in [2.75, 3.05) is 17.2 Å². The fourth-order valence-corrected chi connectivity index (χ4v) is 5.85. The highest BCUT2D eigenvalue weighted by atomic mass is 32.2. The number of alkyl halides is 3. The maximum Gasteiger partial charge on any atom is 0.573 e. The number of thiocarbonyl (C=S) groups is 1. The first-order chi connectivity index (χ1) is 21.1. The Kier molecular flexibility index (Phi) is 9.64. The smallest absolute Gasteiger partial charge is 0.406 e. The van der Waals surface area contributed by atoms with Gasteiger partial charge in [0, 0.05) is 12.1 Å². The molecule has 5 rings (SSSR count). The number of carbonyl (C=O) groups excluding carboxylic acids is 1. The molecule has 1 aromatic heterocycles. The van der Waals surface area contributed by atoms with E-state index in [1.807, 2.05) is 49.4 Å². The van der Waals surface area contributed by atoms with Gasteiger partial charge in [-0.3, -0.25) is 9.69 Å². The number of halogens is 3. The number of benzene rings is 3. The molecule has 4 aromatic rings. The Hall–Kier alpha value is -4.23. The Morgan fingerprint density at radius 1 is 1.11 bits per heavy atom. The van der Waals surface area contributed by atoms with Crippen molar-refractivity contribution in [2.24, 2.45) is 4.99 Å². The Morgan fingerprint density at radius 2 is 1.86 bits per heavy atom. The largest absolute Gasteiger partial charge is 0.573 e. The molecule has 1 aliphatic heterocycles. The van der Waals surface area contributed by atoms with Crippen LogP contribution >= 0.6 is 24.0 Å². The Balaban J connectivity index is 1.13. The summed E-state index contributed by atoms with van der Waals surface area (Å²) >= 11 is 6.87. The number of anilines is 1. The molecular formula is C31H29F3N6O2S2. The van der Waals surface area contributed by atoms with Crippen LogP contribution in [0.4, 0.5) is 18.9 Å². The summed E-state index contributed by atoms with van der Waals surface area (Å²) in [5, 5.41) is 8.57. The third-order valence-electron chi connectivity index (χ3n) is 6.85. The number of amidine groups is 1. The molecular weight excluding hydrogens is 610 g/mol. The average Bonchev–Trinajstić information content (AvgIpc) is 3.62. The normalized spacial score (nSPS) is 14.3. The summed E-state index contributed by atoms with van der Waals surface area (Å²) in [7, 11) is 0. The van der Waals surface area contributed by atoms with E-state index in [0.717, 1.165) is 47.2 Å². The van der Waals surface area contributed by atoms with Gasteiger partial charge in [-0.1, -0.05) is 61.2 Å². The standard InChI is InChI=1S/C31H29F3N6O2S2/c1-3-22-8-4-6-20(2)27(22)40-26(41)18-44-30(40)37-29(43)35-17-5-7-21-9-11-23(12-10-21)28-36-19-39(38-28)24-13-15-25(16-14-24)42-31(32,33)34/h4,6,8-16,19H,3,5,7,17-18H2,1-2H3,(H,35,43). The number of amides is 1. The molecule has 1 aliphatic rings. The van der Waals surface area contributed by atoms with E-state index < -0.39 is 6.36 Å². The van der Waals surface area contributed by atoms with Crippen molar-refractivity contribution in [3.8, 4) is 22.8 Å². The highest BCUT2D eigenvalue weighted by Gasteiger charge is 2.32. The molecule has 0 unspecified atom stereocenters.